The number of carbonyl (C=O) groups excluding carboxylic acids is 3. The number of hydrogen-bond donors (Lipinski definition) is 1. The molecular weight excluding hydrogens is 414 g/mol. The summed E-state index contributed by atoms with van der Waals surface area (Å²) in [7, 11) is 1.48. The molecular formula is C23H23N3O6. The van der Waals surface area contributed by atoms with Crippen molar-refractivity contribution in [2.75, 3.05) is 45.0 Å². The van der Waals surface area contributed by atoms with Crippen LogP contribution in [0.25, 0.3) is 6.08 Å². The fourth-order valence-electron chi connectivity index (χ4n) is 3.42. The maximum absolute atomic E-state index is 12.7. The number of nitrogens with one attached hydrogen (secondary N) is 1. The predicted molar refractivity (Wildman–Crippen MR) is 116 cm³/mol. The second-order valence-corrected chi connectivity index (χ2v) is 7.17. The summed E-state index contributed by atoms with van der Waals surface area (Å²) in [5.74, 6) is -0.286. The van der Waals surface area contributed by atoms with Gasteiger partial charge in [-0.15, -0.1) is 0 Å². The van der Waals surface area contributed by atoms with Crippen LogP contribution in [0.5, 0.6) is 11.5 Å². The van der Waals surface area contributed by atoms with Crippen LogP contribution in [0, 0.1) is 0 Å². The van der Waals surface area contributed by atoms with E-state index in [0.717, 1.165) is 0 Å². The molecule has 2 aliphatic rings. The predicted octanol–water partition coefficient (Wildman–Crippen LogP) is 1.39. The summed E-state index contributed by atoms with van der Waals surface area (Å²) in [6, 6.07) is 13.8. The lowest BCUT2D eigenvalue weighted by Gasteiger charge is -2.26. The zero-order chi connectivity index (χ0) is 22.5. The number of amides is 3. The van der Waals surface area contributed by atoms with E-state index in [4.69, 9.17) is 14.2 Å². The van der Waals surface area contributed by atoms with Gasteiger partial charge in [0.05, 0.1) is 26.0 Å². The van der Waals surface area contributed by atoms with Crippen molar-refractivity contribution in [3.63, 3.8) is 0 Å². The average Bonchev–Trinajstić information content (AvgIpc) is 3.12. The molecule has 0 atom stereocenters. The number of benzene rings is 2. The molecule has 0 unspecified atom stereocenters. The Hall–Kier alpha value is -3.85. The molecule has 0 saturated carbocycles. The van der Waals surface area contributed by atoms with Crippen LogP contribution in [0.2, 0.25) is 0 Å². The summed E-state index contributed by atoms with van der Waals surface area (Å²) in [6.07, 6.45) is 1.49. The van der Waals surface area contributed by atoms with Crippen LogP contribution in [0.4, 0.5) is 5.69 Å². The van der Waals surface area contributed by atoms with Crippen molar-refractivity contribution in [3.05, 3.63) is 59.7 Å². The van der Waals surface area contributed by atoms with Crippen molar-refractivity contribution in [3.8, 4) is 11.5 Å². The Morgan fingerprint density at radius 2 is 1.84 bits per heavy atom. The first-order chi connectivity index (χ1) is 15.6. The van der Waals surface area contributed by atoms with Gasteiger partial charge in [-0.25, -0.2) is 5.01 Å². The van der Waals surface area contributed by atoms with Crippen molar-refractivity contribution in [2.24, 2.45) is 0 Å². The number of ether oxygens (including phenoxy) is 3. The maximum Gasteiger partial charge on any atom is 0.282 e. The Kier molecular flexibility index (Phi) is 6.37. The molecule has 0 aliphatic carbocycles. The highest BCUT2D eigenvalue weighted by Gasteiger charge is 2.34. The van der Waals surface area contributed by atoms with Gasteiger partial charge in [-0.1, -0.05) is 24.3 Å². The minimum atomic E-state index is -0.491. The smallest absolute Gasteiger partial charge is 0.282 e. The lowest BCUT2D eigenvalue weighted by molar-refractivity contribution is -0.137. The molecule has 2 aliphatic heterocycles. The van der Waals surface area contributed by atoms with Gasteiger partial charge in [0.25, 0.3) is 17.7 Å². The maximum atomic E-state index is 12.7. The largest absolute Gasteiger partial charge is 0.493 e. The van der Waals surface area contributed by atoms with E-state index >= 15 is 0 Å². The third-order valence-electron chi connectivity index (χ3n) is 5.12. The molecule has 0 aromatic heterocycles. The number of nitrogens with zero attached hydrogens (tertiary/aromatic N) is 2. The van der Waals surface area contributed by atoms with E-state index in [1.54, 1.807) is 47.4 Å². The Morgan fingerprint density at radius 3 is 2.56 bits per heavy atom. The van der Waals surface area contributed by atoms with Crippen molar-refractivity contribution in [2.45, 2.75) is 0 Å². The van der Waals surface area contributed by atoms with E-state index in [0.29, 0.717) is 49.1 Å². The molecule has 0 bridgehead atoms. The van der Waals surface area contributed by atoms with Gasteiger partial charge in [0.1, 0.15) is 5.57 Å². The van der Waals surface area contributed by atoms with Crippen LogP contribution in [-0.2, 0) is 19.1 Å². The number of rotatable bonds is 6. The lowest BCUT2D eigenvalue weighted by Crippen LogP contribution is -2.43. The van der Waals surface area contributed by atoms with Crippen LogP contribution < -0.4 is 19.9 Å². The lowest BCUT2D eigenvalue weighted by atomic mass is 10.1. The van der Waals surface area contributed by atoms with Crippen LogP contribution in [0.1, 0.15) is 5.56 Å². The van der Waals surface area contributed by atoms with Crippen molar-refractivity contribution in [1.29, 1.82) is 0 Å². The number of hydrogen-bond acceptors (Lipinski definition) is 6. The monoisotopic (exact) mass is 437 g/mol. The number of hydrazine groups is 1. The highest BCUT2D eigenvalue weighted by atomic mass is 16.5. The molecule has 1 N–H and O–H groups in total. The zero-order valence-corrected chi connectivity index (χ0v) is 17.6. The van der Waals surface area contributed by atoms with E-state index in [9.17, 15) is 14.4 Å². The fraction of sp³-hybridized carbons (Fsp3) is 0.261. The van der Waals surface area contributed by atoms with E-state index in [1.165, 1.54) is 18.2 Å². The van der Waals surface area contributed by atoms with Gasteiger partial charge in [0.15, 0.2) is 18.1 Å². The quantitative estimate of drug-likeness (QED) is 0.542. The van der Waals surface area contributed by atoms with Crippen LogP contribution in [0.3, 0.4) is 0 Å². The van der Waals surface area contributed by atoms with Gasteiger partial charge < -0.3 is 19.1 Å². The van der Waals surface area contributed by atoms with E-state index in [1.807, 2.05) is 6.07 Å². The van der Waals surface area contributed by atoms with Gasteiger partial charge in [0.2, 0.25) is 0 Å². The molecule has 9 nitrogen and oxygen atoms in total. The number of para-hydroxylation sites is 1. The zero-order valence-electron chi connectivity index (χ0n) is 17.6. The molecule has 0 radical (unpaired) electrons. The van der Waals surface area contributed by atoms with Gasteiger partial charge >= 0.3 is 0 Å². The standard InChI is InChI=1S/C23H23N3O6/c1-30-20-14-16(7-8-19(20)32-15-21(27)25-9-11-31-12-10-25)13-18-22(28)24-26(23(18)29)17-5-3-2-4-6-17/h2-8,13-14H,9-12,15H2,1H3,(H,24,28). The Bertz CT molecular complexity index is 1050. The molecule has 0 spiro atoms. The Labute approximate surface area is 185 Å². The third-order valence-corrected chi connectivity index (χ3v) is 5.12. The molecule has 2 fully saturated rings. The van der Waals surface area contributed by atoms with Crippen molar-refractivity contribution in [1.82, 2.24) is 10.3 Å². The molecule has 2 heterocycles. The molecule has 2 aromatic carbocycles. The summed E-state index contributed by atoms with van der Waals surface area (Å²) >= 11 is 0. The average molecular weight is 437 g/mol. The summed E-state index contributed by atoms with van der Waals surface area (Å²) in [4.78, 5) is 39.1. The molecule has 32 heavy (non-hydrogen) atoms. The summed E-state index contributed by atoms with van der Waals surface area (Å²) in [5, 5.41) is 1.21. The van der Waals surface area contributed by atoms with Gasteiger partial charge in [-0.2, -0.15) is 0 Å². The second kappa shape index (κ2) is 9.52. The fourth-order valence-corrected chi connectivity index (χ4v) is 3.42. The summed E-state index contributed by atoms with van der Waals surface area (Å²) in [6.45, 7) is 2.01. The SMILES string of the molecule is COc1cc(C=C2C(=O)NN(c3ccccc3)C2=O)ccc1OCC(=O)N1CCOCC1. The molecule has 4 rings (SSSR count). The number of morpholine rings is 1. The first-order valence-electron chi connectivity index (χ1n) is 10.2. The molecule has 2 aromatic rings. The Balaban J connectivity index is 1.47. The molecule has 166 valence electrons. The highest BCUT2D eigenvalue weighted by molar-refractivity contribution is 6.31. The van der Waals surface area contributed by atoms with Gasteiger partial charge in [-0.05, 0) is 35.9 Å². The first-order valence-corrected chi connectivity index (χ1v) is 10.2. The highest BCUT2D eigenvalue weighted by Crippen LogP contribution is 2.30. The van der Waals surface area contributed by atoms with Crippen LogP contribution in [0.15, 0.2) is 54.1 Å². The summed E-state index contributed by atoms with van der Waals surface area (Å²) < 4.78 is 16.3. The van der Waals surface area contributed by atoms with Gasteiger partial charge in [0, 0.05) is 13.1 Å². The van der Waals surface area contributed by atoms with Gasteiger partial charge in [-0.3, -0.25) is 19.8 Å². The second-order valence-electron chi connectivity index (χ2n) is 7.17. The van der Waals surface area contributed by atoms with Crippen LogP contribution >= 0.6 is 0 Å². The normalized spacial score (nSPS) is 17.5. The first kappa shape index (κ1) is 21.4. The number of carbonyl (C=O) groups is 3. The molecule has 9 heteroatoms. The number of methoxy groups -OCH3 is 1. The molecule has 3 amide bonds. The summed E-state index contributed by atoms with van der Waals surface area (Å²) in [5.41, 5.74) is 3.73. The van der Waals surface area contributed by atoms with Crippen molar-refractivity contribution >= 4 is 29.5 Å². The third kappa shape index (κ3) is 4.57. The van der Waals surface area contributed by atoms with E-state index in [-0.39, 0.29) is 18.1 Å². The minimum absolute atomic E-state index is 0.00655. The Morgan fingerprint density at radius 1 is 1.09 bits per heavy atom. The number of anilines is 1. The van der Waals surface area contributed by atoms with E-state index < -0.39 is 11.8 Å². The minimum Gasteiger partial charge on any atom is -0.493 e. The van der Waals surface area contributed by atoms with E-state index in [2.05, 4.69) is 5.43 Å². The van der Waals surface area contributed by atoms with Crippen molar-refractivity contribution < 1.29 is 28.6 Å². The topological polar surface area (TPSA) is 97.4 Å². The van der Waals surface area contributed by atoms with Crippen LogP contribution in [-0.4, -0.2) is 62.6 Å². The molecule has 2 saturated heterocycles.